The van der Waals surface area contributed by atoms with E-state index in [1.54, 1.807) is 23.1 Å². The number of carbonyl (C=O) groups is 1. The van der Waals surface area contributed by atoms with Gasteiger partial charge in [0, 0.05) is 30.7 Å². The Morgan fingerprint density at radius 1 is 1.13 bits per heavy atom. The largest absolute Gasteiger partial charge is 0.495 e. The minimum Gasteiger partial charge on any atom is -0.495 e. The molecule has 0 radical (unpaired) electrons. The van der Waals surface area contributed by atoms with Gasteiger partial charge in [0.25, 0.3) is 5.91 Å². The molecule has 1 amide bonds. The number of halogens is 2. The number of aromatic nitrogens is 1. The van der Waals surface area contributed by atoms with Gasteiger partial charge >= 0.3 is 0 Å². The first-order valence-electron chi connectivity index (χ1n) is 9.58. The number of rotatable bonds is 5. The molecule has 0 spiro atoms. The Morgan fingerprint density at radius 2 is 1.87 bits per heavy atom. The number of carbonyl (C=O) groups excluding carboxylic acids is 1. The van der Waals surface area contributed by atoms with Crippen molar-refractivity contribution in [1.29, 1.82) is 0 Å². The van der Waals surface area contributed by atoms with Crippen LogP contribution in [0, 0.1) is 5.82 Å². The van der Waals surface area contributed by atoms with Gasteiger partial charge < -0.3 is 19.7 Å². The first kappa shape index (κ1) is 20.2. The summed E-state index contributed by atoms with van der Waals surface area (Å²) in [6.07, 6.45) is 3.46. The highest BCUT2D eigenvalue weighted by molar-refractivity contribution is 6.32. The number of hydrogen-bond acceptors (Lipinski definition) is 5. The van der Waals surface area contributed by atoms with E-state index < -0.39 is 5.82 Å². The van der Waals surface area contributed by atoms with Gasteiger partial charge in [-0.15, -0.1) is 0 Å². The fourth-order valence-corrected chi connectivity index (χ4v) is 3.89. The summed E-state index contributed by atoms with van der Waals surface area (Å²) in [5.74, 6) is 0.361. The monoisotopic (exact) mass is 429 g/mol. The Labute approximate surface area is 178 Å². The maximum Gasteiger partial charge on any atom is 0.257 e. The topological polar surface area (TPSA) is 63.7 Å². The number of likely N-dealkylation sites (tertiary alicyclic amines) is 1. The predicted molar refractivity (Wildman–Crippen MR) is 115 cm³/mol. The smallest absolute Gasteiger partial charge is 0.257 e. The molecule has 4 rings (SSSR count). The Hall–Kier alpha value is -3.06. The maximum absolute atomic E-state index is 14.1. The summed E-state index contributed by atoms with van der Waals surface area (Å²) >= 11 is 6.31. The van der Waals surface area contributed by atoms with Crippen molar-refractivity contribution in [2.45, 2.75) is 12.8 Å². The molecule has 156 valence electrons. The van der Waals surface area contributed by atoms with Crippen LogP contribution in [0.15, 0.2) is 36.5 Å². The summed E-state index contributed by atoms with van der Waals surface area (Å²) in [5, 5.41) is 4.11. The van der Waals surface area contributed by atoms with Crippen molar-refractivity contribution < 1.29 is 18.7 Å². The molecular weight excluding hydrogens is 409 g/mol. The molecule has 1 saturated heterocycles. The predicted octanol–water partition coefficient (Wildman–Crippen LogP) is 5.02. The molecule has 30 heavy (non-hydrogen) atoms. The number of ether oxygens (including phenoxy) is 2. The first-order valence-corrected chi connectivity index (χ1v) is 9.95. The number of hydrogen-bond donors (Lipinski definition) is 1. The second-order valence-corrected chi connectivity index (χ2v) is 7.43. The Kier molecular flexibility index (Phi) is 5.63. The van der Waals surface area contributed by atoms with E-state index in [0.717, 1.165) is 12.8 Å². The zero-order chi connectivity index (χ0) is 21.3. The van der Waals surface area contributed by atoms with Gasteiger partial charge in [-0.3, -0.25) is 9.78 Å². The average Bonchev–Trinajstić information content (AvgIpc) is 3.29. The number of nitrogens with zero attached hydrogens (tertiary/aromatic N) is 2. The Morgan fingerprint density at radius 3 is 2.57 bits per heavy atom. The molecule has 1 aliphatic heterocycles. The number of amides is 1. The lowest BCUT2D eigenvalue weighted by Crippen LogP contribution is -2.28. The fourth-order valence-electron chi connectivity index (χ4n) is 3.64. The molecule has 0 atom stereocenters. The lowest BCUT2D eigenvalue weighted by molar-refractivity contribution is 0.0793. The van der Waals surface area contributed by atoms with E-state index in [1.165, 1.54) is 32.5 Å². The molecule has 0 bridgehead atoms. The highest BCUT2D eigenvalue weighted by Crippen LogP contribution is 2.39. The molecule has 1 aromatic heterocycles. The third-order valence-corrected chi connectivity index (χ3v) is 5.48. The summed E-state index contributed by atoms with van der Waals surface area (Å²) in [4.78, 5) is 19.3. The highest BCUT2D eigenvalue weighted by atomic mass is 35.5. The van der Waals surface area contributed by atoms with Crippen molar-refractivity contribution in [2.24, 2.45) is 0 Å². The van der Waals surface area contributed by atoms with Crippen molar-refractivity contribution in [3.63, 3.8) is 0 Å². The van der Waals surface area contributed by atoms with Gasteiger partial charge in [0.05, 0.1) is 41.7 Å². The average molecular weight is 430 g/mol. The molecule has 3 aromatic rings. The minimum atomic E-state index is -0.419. The Bertz CT molecular complexity index is 1120. The molecule has 0 saturated carbocycles. The van der Waals surface area contributed by atoms with Crippen LogP contribution >= 0.6 is 11.6 Å². The van der Waals surface area contributed by atoms with Crippen LogP contribution in [0.4, 0.5) is 15.8 Å². The summed E-state index contributed by atoms with van der Waals surface area (Å²) in [5.41, 5.74) is 1.91. The molecule has 6 nitrogen and oxygen atoms in total. The van der Waals surface area contributed by atoms with Crippen LogP contribution in [0.5, 0.6) is 11.5 Å². The van der Waals surface area contributed by atoms with Crippen LogP contribution in [0.25, 0.3) is 10.9 Å². The van der Waals surface area contributed by atoms with Crippen molar-refractivity contribution in [3.05, 3.63) is 52.9 Å². The number of nitrogens with one attached hydrogen (secondary N) is 1. The second kappa shape index (κ2) is 8.36. The normalized spacial score (nSPS) is 13.5. The third kappa shape index (κ3) is 3.73. The molecule has 2 aromatic carbocycles. The van der Waals surface area contributed by atoms with Crippen LogP contribution < -0.4 is 14.8 Å². The first-order chi connectivity index (χ1) is 14.5. The van der Waals surface area contributed by atoms with E-state index in [9.17, 15) is 9.18 Å². The van der Waals surface area contributed by atoms with E-state index in [4.69, 9.17) is 21.1 Å². The van der Waals surface area contributed by atoms with Crippen LogP contribution in [-0.4, -0.2) is 43.1 Å². The standard InChI is InChI=1S/C22H21ClFN3O3/c1-29-19-11-20(30-2)18(10-16(19)23)26-21-14-9-13(24)5-6-17(14)25-12-15(21)22(28)27-7-3-4-8-27/h5-6,9-12H,3-4,7-8H2,1-2H3,(H,25,26). The summed E-state index contributed by atoms with van der Waals surface area (Å²) in [6, 6.07) is 7.58. The van der Waals surface area contributed by atoms with E-state index in [1.807, 2.05) is 0 Å². The molecule has 1 fully saturated rings. The minimum absolute atomic E-state index is 0.146. The lowest BCUT2D eigenvalue weighted by Gasteiger charge is -2.21. The zero-order valence-electron chi connectivity index (χ0n) is 16.7. The highest BCUT2D eigenvalue weighted by Gasteiger charge is 2.24. The summed E-state index contributed by atoms with van der Waals surface area (Å²) in [6.45, 7) is 1.38. The van der Waals surface area contributed by atoms with Gasteiger partial charge in [-0.1, -0.05) is 11.6 Å². The zero-order valence-corrected chi connectivity index (χ0v) is 17.4. The lowest BCUT2D eigenvalue weighted by atomic mass is 10.1. The number of fused-ring (bicyclic) bond motifs is 1. The summed E-state index contributed by atoms with van der Waals surface area (Å²) in [7, 11) is 3.04. The number of methoxy groups -OCH3 is 2. The quantitative estimate of drug-likeness (QED) is 0.616. The van der Waals surface area contributed by atoms with Gasteiger partial charge in [0.1, 0.15) is 17.3 Å². The van der Waals surface area contributed by atoms with E-state index in [2.05, 4.69) is 10.3 Å². The molecule has 8 heteroatoms. The van der Waals surface area contributed by atoms with E-state index >= 15 is 0 Å². The van der Waals surface area contributed by atoms with Crippen molar-refractivity contribution in [2.75, 3.05) is 32.6 Å². The fraction of sp³-hybridized carbons (Fsp3) is 0.273. The molecule has 1 aliphatic rings. The third-order valence-electron chi connectivity index (χ3n) is 5.19. The Balaban J connectivity index is 1.88. The van der Waals surface area contributed by atoms with E-state index in [-0.39, 0.29) is 5.91 Å². The van der Waals surface area contributed by atoms with Crippen LogP contribution in [-0.2, 0) is 0 Å². The van der Waals surface area contributed by atoms with Crippen LogP contribution in [0.2, 0.25) is 5.02 Å². The number of anilines is 2. The van der Waals surface area contributed by atoms with E-state index in [0.29, 0.717) is 57.5 Å². The van der Waals surface area contributed by atoms with Crippen molar-refractivity contribution >= 4 is 39.8 Å². The second-order valence-electron chi connectivity index (χ2n) is 7.02. The molecule has 2 heterocycles. The maximum atomic E-state index is 14.1. The van der Waals surface area contributed by atoms with Gasteiger partial charge in [-0.25, -0.2) is 4.39 Å². The van der Waals surface area contributed by atoms with Crippen LogP contribution in [0.1, 0.15) is 23.2 Å². The SMILES string of the molecule is COc1cc(OC)c(Nc2c(C(=O)N3CCCC3)cnc3ccc(F)cc23)cc1Cl. The summed E-state index contributed by atoms with van der Waals surface area (Å²) < 4.78 is 24.8. The number of pyridine rings is 1. The molecular formula is C22H21ClFN3O3. The molecule has 1 N–H and O–H groups in total. The number of benzene rings is 2. The van der Waals surface area contributed by atoms with Gasteiger partial charge in [-0.05, 0) is 37.1 Å². The van der Waals surface area contributed by atoms with Gasteiger partial charge in [0.2, 0.25) is 0 Å². The van der Waals surface area contributed by atoms with Crippen LogP contribution in [0.3, 0.4) is 0 Å². The van der Waals surface area contributed by atoms with Gasteiger partial charge in [0.15, 0.2) is 0 Å². The molecule has 0 unspecified atom stereocenters. The van der Waals surface area contributed by atoms with Gasteiger partial charge in [-0.2, -0.15) is 0 Å². The molecule has 0 aliphatic carbocycles. The van der Waals surface area contributed by atoms with Crippen molar-refractivity contribution in [3.8, 4) is 11.5 Å². The van der Waals surface area contributed by atoms with Crippen molar-refractivity contribution in [1.82, 2.24) is 9.88 Å².